The SMILES string of the molecule is COc1cccc(C2/C(=C(\O)c3cc(C)ccc3C)C(=O)C(=O)N2c2ccc(C#N)cc2)c1. The number of amides is 1. The van der Waals surface area contributed by atoms with Crippen molar-refractivity contribution < 1.29 is 19.4 Å². The van der Waals surface area contributed by atoms with Crippen molar-refractivity contribution in [2.45, 2.75) is 19.9 Å². The predicted molar refractivity (Wildman–Crippen MR) is 125 cm³/mol. The van der Waals surface area contributed by atoms with E-state index in [0.29, 0.717) is 28.1 Å². The van der Waals surface area contributed by atoms with Crippen molar-refractivity contribution in [3.05, 3.63) is 100 Å². The smallest absolute Gasteiger partial charge is 0.300 e. The van der Waals surface area contributed by atoms with Crippen molar-refractivity contribution in [3.63, 3.8) is 0 Å². The van der Waals surface area contributed by atoms with Crippen LogP contribution in [0.15, 0.2) is 72.3 Å². The van der Waals surface area contributed by atoms with Gasteiger partial charge < -0.3 is 9.84 Å². The monoisotopic (exact) mass is 438 g/mol. The Morgan fingerprint density at radius 2 is 1.76 bits per heavy atom. The second kappa shape index (κ2) is 8.64. The van der Waals surface area contributed by atoms with Crippen molar-refractivity contribution in [1.82, 2.24) is 0 Å². The van der Waals surface area contributed by atoms with E-state index in [1.54, 1.807) is 54.6 Å². The third-order valence-corrected chi connectivity index (χ3v) is 5.78. The number of rotatable bonds is 4. The molecule has 3 aromatic rings. The number of nitrogens with zero attached hydrogens (tertiary/aromatic N) is 2. The lowest BCUT2D eigenvalue weighted by atomic mass is 9.93. The largest absolute Gasteiger partial charge is 0.507 e. The van der Waals surface area contributed by atoms with Crippen molar-refractivity contribution in [1.29, 1.82) is 5.26 Å². The van der Waals surface area contributed by atoms with Gasteiger partial charge in [-0.15, -0.1) is 0 Å². The molecule has 0 radical (unpaired) electrons. The van der Waals surface area contributed by atoms with Gasteiger partial charge in [0.1, 0.15) is 11.5 Å². The number of ether oxygens (including phenoxy) is 1. The van der Waals surface area contributed by atoms with Crippen LogP contribution < -0.4 is 9.64 Å². The Bertz CT molecular complexity index is 1330. The van der Waals surface area contributed by atoms with E-state index in [1.807, 2.05) is 32.0 Å². The molecule has 1 fully saturated rings. The third-order valence-electron chi connectivity index (χ3n) is 5.78. The van der Waals surface area contributed by atoms with E-state index >= 15 is 0 Å². The first kappa shape index (κ1) is 21.8. The van der Waals surface area contributed by atoms with E-state index in [-0.39, 0.29) is 11.3 Å². The summed E-state index contributed by atoms with van der Waals surface area (Å²) in [4.78, 5) is 27.9. The Morgan fingerprint density at radius 3 is 2.42 bits per heavy atom. The molecule has 1 amide bonds. The number of carbonyl (C=O) groups excluding carboxylic acids is 2. The number of hydrogen-bond acceptors (Lipinski definition) is 5. The van der Waals surface area contributed by atoms with Gasteiger partial charge in [-0.05, 0) is 67.4 Å². The average molecular weight is 438 g/mol. The number of aryl methyl sites for hydroxylation is 2. The van der Waals surface area contributed by atoms with Crippen molar-refractivity contribution in [3.8, 4) is 11.8 Å². The van der Waals surface area contributed by atoms with E-state index in [2.05, 4.69) is 0 Å². The molecule has 1 aliphatic rings. The first-order valence-corrected chi connectivity index (χ1v) is 10.4. The number of Topliss-reactive ketones (excluding diaryl/α,β-unsaturated/α-hetero) is 1. The number of anilines is 1. The molecule has 6 heteroatoms. The van der Waals surface area contributed by atoms with Gasteiger partial charge in [0, 0.05) is 11.3 Å². The fourth-order valence-electron chi connectivity index (χ4n) is 4.06. The minimum absolute atomic E-state index is 0.00585. The fourth-order valence-corrected chi connectivity index (χ4v) is 4.06. The zero-order valence-corrected chi connectivity index (χ0v) is 18.5. The molecule has 1 N–H and O–H groups in total. The molecule has 0 spiro atoms. The molecule has 0 saturated carbocycles. The first-order chi connectivity index (χ1) is 15.8. The number of benzene rings is 3. The standard InChI is InChI=1S/C27H22N2O4/c1-16-7-8-17(2)22(13-16)25(30)23-24(19-5-4-6-21(14-19)33-3)29(27(32)26(23)31)20-11-9-18(15-28)10-12-20/h4-14,24,30H,1-3H3/b25-23+. The molecule has 1 aliphatic heterocycles. The van der Waals surface area contributed by atoms with Crippen LogP contribution in [0.2, 0.25) is 0 Å². The highest BCUT2D eigenvalue weighted by Crippen LogP contribution is 2.43. The summed E-state index contributed by atoms with van der Waals surface area (Å²) in [6, 6.07) is 20.2. The van der Waals surface area contributed by atoms with Crippen LogP contribution in [0.4, 0.5) is 5.69 Å². The Morgan fingerprint density at radius 1 is 1.03 bits per heavy atom. The van der Waals surface area contributed by atoms with Gasteiger partial charge in [0.2, 0.25) is 0 Å². The summed E-state index contributed by atoms with van der Waals surface area (Å²) in [5.74, 6) is -1.19. The molecule has 0 aromatic heterocycles. The zero-order chi connectivity index (χ0) is 23.7. The van der Waals surface area contributed by atoms with Crippen molar-refractivity contribution in [2.24, 2.45) is 0 Å². The molecule has 3 aromatic carbocycles. The van der Waals surface area contributed by atoms with Crippen LogP contribution in [0.5, 0.6) is 5.75 Å². The van der Waals surface area contributed by atoms with E-state index in [1.165, 1.54) is 12.0 Å². The van der Waals surface area contributed by atoms with Gasteiger partial charge in [0.05, 0.1) is 30.4 Å². The molecular weight excluding hydrogens is 416 g/mol. The Hall–Kier alpha value is -4.37. The summed E-state index contributed by atoms with van der Waals surface area (Å²) >= 11 is 0. The van der Waals surface area contributed by atoms with Crippen molar-refractivity contribution in [2.75, 3.05) is 12.0 Å². The summed E-state index contributed by atoms with van der Waals surface area (Å²) in [5, 5.41) is 20.5. The number of hydrogen-bond donors (Lipinski definition) is 1. The van der Waals surface area contributed by atoms with E-state index in [0.717, 1.165) is 11.1 Å². The third kappa shape index (κ3) is 3.85. The summed E-state index contributed by atoms with van der Waals surface area (Å²) < 4.78 is 5.35. The normalized spacial score (nSPS) is 17.2. The van der Waals surface area contributed by atoms with E-state index in [9.17, 15) is 14.7 Å². The molecule has 1 atom stereocenters. The molecule has 1 unspecified atom stereocenters. The van der Waals surface area contributed by atoms with E-state index in [4.69, 9.17) is 10.00 Å². The van der Waals surface area contributed by atoms with Gasteiger partial charge >= 0.3 is 0 Å². The van der Waals surface area contributed by atoms with Gasteiger partial charge in [-0.1, -0.05) is 29.8 Å². The van der Waals surface area contributed by atoms with Crippen LogP contribution in [0.3, 0.4) is 0 Å². The molecule has 1 heterocycles. The zero-order valence-electron chi connectivity index (χ0n) is 18.5. The minimum Gasteiger partial charge on any atom is -0.507 e. The summed E-state index contributed by atoms with van der Waals surface area (Å²) in [5.41, 5.74) is 3.71. The van der Waals surface area contributed by atoms with Gasteiger partial charge in [-0.25, -0.2) is 0 Å². The van der Waals surface area contributed by atoms with Gasteiger partial charge in [-0.3, -0.25) is 14.5 Å². The number of aliphatic hydroxyl groups excluding tert-OH is 1. The molecule has 4 rings (SSSR count). The Labute approximate surface area is 192 Å². The lowest BCUT2D eigenvalue weighted by Crippen LogP contribution is -2.29. The molecule has 33 heavy (non-hydrogen) atoms. The van der Waals surface area contributed by atoms with Crippen LogP contribution in [0, 0.1) is 25.2 Å². The Kier molecular flexibility index (Phi) is 5.72. The van der Waals surface area contributed by atoms with Crippen LogP contribution in [0.1, 0.15) is 33.9 Å². The molecule has 0 bridgehead atoms. The quantitative estimate of drug-likeness (QED) is 0.359. The topological polar surface area (TPSA) is 90.6 Å². The number of methoxy groups -OCH3 is 1. The highest BCUT2D eigenvalue weighted by molar-refractivity contribution is 6.51. The lowest BCUT2D eigenvalue weighted by molar-refractivity contribution is -0.132. The first-order valence-electron chi connectivity index (χ1n) is 10.4. The molecule has 164 valence electrons. The van der Waals surface area contributed by atoms with Gasteiger partial charge in [0.25, 0.3) is 11.7 Å². The van der Waals surface area contributed by atoms with Crippen LogP contribution in [-0.4, -0.2) is 23.9 Å². The van der Waals surface area contributed by atoms with Crippen LogP contribution in [0.25, 0.3) is 5.76 Å². The van der Waals surface area contributed by atoms with E-state index < -0.39 is 17.7 Å². The summed E-state index contributed by atoms with van der Waals surface area (Å²) in [6.07, 6.45) is 0. The van der Waals surface area contributed by atoms with Crippen LogP contribution in [-0.2, 0) is 9.59 Å². The molecule has 6 nitrogen and oxygen atoms in total. The number of nitriles is 1. The highest BCUT2D eigenvalue weighted by Gasteiger charge is 2.47. The predicted octanol–water partition coefficient (Wildman–Crippen LogP) is 4.81. The summed E-state index contributed by atoms with van der Waals surface area (Å²) in [7, 11) is 1.53. The number of ketones is 1. The molecule has 0 aliphatic carbocycles. The second-order valence-electron chi connectivity index (χ2n) is 7.92. The maximum absolute atomic E-state index is 13.3. The van der Waals surface area contributed by atoms with Gasteiger partial charge in [0.15, 0.2) is 0 Å². The Balaban J connectivity index is 1.98. The number of carbonyl (C=O) groups is 2. The van der Waals surface area contributed by atoms with Crippen molar-refractivity contribution >= 4 is 23.1 Å². The maximum Gasteiger partial charge on any atom is 0.300 e. The average Bonchev–Trinajstić information content (AvgIpc) is 3.10. The van der Waals surface area contributed by atoms with Crippen LogP contribution >= 0.6 is 0 Å². The molecular formula is C27H22N2O4. The fraction of sp³-hybridized carbons (Fsp3) is 0.148. The maximum atomic E-state index is 13.3. The minimum atomic E-state index is -0.868. The molecule has 1 saturated heterocycles. The highest BCUT2D eigenvalue weighted by atomic mass is 16.5. The second-order valence-corrected chi connectivity index (χ2v) is 7.92. The number of aliphatic hydroxyl groups is 1. The lowest BCUT2D eigenvalue weighted by Gasteiger charge is -2.26. The van der Waals surface area contributed by atoms with Gasteiger partial charge in [-0.2, -0.15) is 5.26 Å². The summed E-state index contributed by atoms with van der Waals surface area (Å²) in [6.45, 7) is 3.73.